The fourth-order valence-electron chi connectivity index (χ4n) is 4.38. The molecule has 0 spiro atoms. The number of anilines is 1. The van der Waals surface area contributed by atoms with Crippen molar-refractivity contribution in [1.82, 2.24) is 10.2 Å². The zero-order chi connectivity index (χ0) is 19.3. The Hall–Kier alpha value is -2.53. The van der Waals surface area contributed by atoms with Gasteiger partial charge in [0, 0.05) is 18.3 Å². The molecule has 148 valence electrons. The lowest BCUT2D eigenvalue weighted by Gasteiger charge is -2.35. The number of hydrogen-bond acceptors (Lipinski definition) is 3. The third-order valence-corrected chi connectivity index (χ3v) is 5.69. The summed E-state index contributed by atoms with van der Waals surface area (Å²) in [4.78, 5) is 14.4. The van der Waals surface area contributed by atoms with Crippen LogP contribution in [-0.4, -0.2) is 36.6 Å². The van der Waals surface area contributed by atoms with E-state index in [1.54, 1.807) is 0 Å². The first-order valence-electron chi connectivity index (χ1n) is 10.4. The average molecular weight is 380 g/mol. The highest BCUT2D eigenvalue weighted by Crippen LogP contribution is 2.39. The first-order chi connectivity index (χ1) is 13.7. The minimum atomic E-state index is -0.197. The van der Waals surface area contributed by atoms with Crippen LogP contribution < -0.4 is 15.4 Å². The number of fused-ring (bicyclic) bond motifs is 1. The summed E-state index contributed by atoms with van der Waals surface area (Å²) in [5.74, 6) is 0.790. The van der Waals surface area contributed by atoms with Crippen molar-refractivity contribution >= 4 is 11.7 Å². The van der Waals surface area contributed by atoms with E-state index in [1.165, 1.54) is 30.4 Å². The molecular weight excluding hydrogens is 350 g/mol. The number of nitrogens with one attached hydrogen (secondary N) is 2. The minimum absolute atomic E-state index is 0.0222. The first-order valence-corrected chi connectivity index (χ1v) is 10.4. The summed E-state index contributed by atoms with van der Waals surface area (Å²) in [6.45, 7) is 4.80. The summed E-state index contributed by atoms with van der Waals surface area (Å²) in [5, 5.41) is 5.61. The fourth-order valence-corrected chi connectivity index (χ4v) is 4.38. The number of likely N-dealkylation sites (tertiary alicyclic amines) is 1. The molecule has 0 bridgehead atoms. The van der Waals surface area contributed by atoms with Crippen molar-refractivity contribution in [1.29, 1.82) is 0 Å². The van der Waals surface area contributed by atoms with Crippen LogP contribution >= 0.6 is 0 Å². The molecular formula is C23H29N3O2. The van der Waals surface area contributed by atoms with E-state index in [1.807, 2.05) is 31.2 Å². The Bertz CT molecular complexity index is 817. The van der Waals surface area contributed by atoms with Crippen molar-refractivity contribution in [2.75, 3.05) is 25.0 Å². The van der Waals surface area contributed by atoms with Crippen LogP contribution in [0, 0.1) is 0 Å². The summed E-state index contributed by atoms with van der Waals surface area (Å²) in [6.07, 6.45) is 4.93. The van der Waals surface area contributed by atoms with Crippen molar-refractivity contribution in [2.45, 2.75) is 44.8 Å². The lowest BCUT2D eigenvalue weighted by Crippen LogP contribution is -2.43. The van der Waals surface area contributed by atoms with Crippen LogP contribution in [0.4, 0.5) is 10.5 Å². The standard InChI is InChI=1S/C23H29N3O2/c1-2-24-23(27)25-18-10-8-11-19(16-18)28-22-20-12-5-4-9-17(20)15-21(22)26-13-6-3-7-14-26/h4-5,8-12,16,21-22H,2-3,6-7,13-15H2,1H3,(H2,24,25,27)/t21-,22-/m0/s1. The van der Waals surface area contributed by atoms with E-state index >= 15 is 0 Å². The number of urea groups is 1. The van der Waals surface area contributed by atoms with Crippen molar-refractivity contribution < 1.29 is 9.53 Å². The third-order valence-electron chi connectivity index (χ3n) is 5.69. The Kier molecular flexibility index (Phi) is 5.81. The van der Waals surface area contributed by atoms with Crippen molar-refractivity contribution in [3.8, 4) is 5.75 Å². The molecule has 28 heavy (non-hydrogen) atoms. The number of carbonyl (C=O) groups excluding carboxylic acids is 1. The molecule has 4 rings (SSSR count). The van der Waals surface area contributed by atoms with Gasteiger partial charge in [-0.15, -0.1) is 0 Å². The van der Waals surface area contributed by atoms with Crippen molar-refractivity contribution in [2.24, 2.45) is 0 Å². The van der Waals surface area contributed by atoms with Crippen LogP contribution in [0.5, 0.6) is 5.75 Å². The number of amides is 2. The molecule has 1 heterocycles. The highest BCUT2D eigenvalue weighted by molar-refractivity contribution is 5.89. The number of rotatable bonds is 5. The molecule has 2 aromatic rings. The predicted octanol–water partition coefficient (Wildman–Crippen LogP) is 4.36. The Morgan fingerprint density at radius 3 is 2.75 bits per heavy atom. The van der Waals surface area contributed by atoms with E-state index in [-0.39, 0.29) is 12.1 Å². The molecule has 0 radical (unpaired) electrons. The second-order valence-electron chi connectivity index (χ2n) is 7.62. The fraction of sp³-hybridized carbons (Fsp3) is 0.435. The molecule has 5 nitrogen and oxygen atoms in total. The van der Waals surface area contributed by atoms with Crippen LogP contribution in [0.1, 0.15) is 43.4 Å². The summed E-state index contributed by atoms with van der Waals surface area (Å²) in [6, 6.07) is 16.5. The molecule has 0 aromatic heterocycles. The molecule has 0 unspecified atom stereocenters. The van der Waals surface area contributed by atoms with Gasteiger partial charge in [0.05, 0.1) is 6.04 Å². The minimum Gasteiger partial charge on any atom is -0.484 e. The molecule has 1 aliphatic carbocycles. The summed E-state index contributed by atoms with van der Waals surface area (Å²) < 4.78 is 6.54. The molecule has 1 aliphatic heterocycles. The highest BCUT2D eigenvalue weighted by Gasteiger charge is 2.38. The van der Waals surface area contributed by atoms with Gasteiger partial charge in [0.2, 0.25) is 0 Å². The maximum Gasteiger partial charge on any atom is 0.319 e. The second kappa shape index (κ2) is 8.65. The zero-order valence-corrected chi connectivity index (χ0v) is 16.5. The monoisotopic (exact) mass is 379 g/mol. The average Bonchev–Trinajstić information content (AvgIpc) is 3.08. The Balaban J connectivity index is 1.54. The third kappa shape index (κ3) is 4.14. The number of benzene rings is 2. The van der Waals surface area contributed by atoms with Gasteiger partial charge in [-0.25, -0.2) is 4.79 Å². The maximum absolute atomic E-state index is 11.8. The van der Waals surface area contributed by atoms with Crippen molar-refractivity contribution in [3.05, 3.63) is 59.7 Å². The number of ether oxygens (including phenoxy) is 1. The van der Waals surface area contributed by atoms with Gasteiger partial charge in [0.1, 0.15) is 11.9 Å². The van der Waals surface area contributed by atoms with Crippen LogP contribution in [0.3, 0.4) is 0 Å². The molecule has 2 aromatic carbocycles. The molecule has 1 saturated heterocycles. The van der Waals surface area contributed by atoms with Crippen LogP contribution in [-0.2, 0) is 6.42 Å². The normalized spacial score (nSPS) is 21.8. The Morgan fingerprint density at radius 1 is 1.11 bits per heavy atom. The SMILES string of the molecule is CCNC(=O)Nc1cccc(O[C@H]2c3ccccc3C[C@@H]2N2CCCCC2)c1. The van der Waals surface area contributed by atoms with E-state index in [0.29, 0.717) is 12.6 Å². The number of nitrogens with zero attached hydrogens (tertiary/aromatic N) is 1. The summed E-state index contributed by atoms with van der Waals surface area (Å²) in [7, 11) is 0. The van der Waals surface area contributed by atoms with Gasteiger partial charge in [-0.2, -0.15) is 0 Å². The first kappa shape index (κ1) is 18.8. The van der Waals surface area contributed by atoms with Gasteiger partial charge in [-0.05, 0) is 62.5 Å². The van der Waals surface area contributed by atoms with Crippen LogP contribution in [0.25, 0.3) is 0 Å². The molecule has 5 heteroatoms. The van der Waals surface area contributed by atoms with Gasteiger partial charge >= 0.3 is 6.03 Å². The lowest BCUT2D eigenvalue weighted by molar-refractivity contribution is 0.0648. The number of hydrogen-bond donors (Lipinski definition) is 2. The smallest absolute Gasteiger partial charge is 0.319 e. The molecule has 2 atom stereocenters. The molecule has 2 aliphatic rings. The van der Waals surface area contributed by atoms with E-state index in [0.717, 1.165) is 30.9 Å². The summed E-state index contributed by atoms with van der Waals surface area (Å²) >= 11 is 0. The second-order valence-corrected chi connectivity index (χ2v) is 7.62. The number of piperidine rings is 1. The van der Waals surface area contributed by atoms with Crippen molar-refractivity contribution in [3.63, 3.8) is 0 Å². The van der Waals surface area contributed by atoms with E-state index < -0.39 is 0 Å². The van der Waals surface area contributed by atoms with Gasteiger partial charge in [-0.1, -0.05) is 36.8 Å². The van der Waals surface area contributed by atoms with E-state index in [9.17, 15) is 4.79 Å². The van der Waals surface area contributed by atoms with Gasteiger partial charge < -0.3 is 15.4 Å². The molecule has 1 fully saturated rings. The zero-order valence-electron chi connectivity index (χ0n) is 16.5. The topological polar surface area (TPSA) is 53.6 Å². The molecule has 2 N–H and O–H groups in total. The highest BCUT2D eigenvalue weighted by atomic mass is 16.5. The molecule has 2 amide bonds. The molecule has 0 saturated carbocycles. The van der Waals surface area contributed by atoms with Gasteiger partial charge in [-0.3, -0.25) is 4.90 Å². The predicted molar refractivity (Wildman–Crippen MR) is 112 cm³/mol. The van der Waals surface area contributed by atoms with Crippen LogP contribution in [0.2, 0.25) is 0 Å². The van der Waals surface area contributed by atoms with Gasteiger partial charge in [0.15, 0.2) is 0 Å². The maximum atomic E-state index is 11.8. The van der Waals surface area contributed by atoms with E-state index in [2.05, 4.69) is 39.8 Å². The van der Waals surface area contributed by atoms with E-state index in [4.69, 9.17) is 4.74 Å². The Morgan fingerprint density at radius 2 is 1.93 bits per heavy atom. The quantitative estimate of drug-likeness (QED) is 0.812. The van der Waals surface area contributed by atoms with Gasteiger partial charge in [0.25, 0.3) is 0 Å². The number of carbonyl (C=O) groups is 1. The van der Waals surface area contributed by atoms with Crippen LogP contribution in [0.15, 0.2) is 48.5 Å². The lowest BCUT2D eigenvalue weighted by atomic mass is 10.0. The summed E-state index contributed by atoms with van der Waals surface area (Å²) in [5.41, 5.74) is 3.42. The largest absolute Gasteiger partial charge is 0.484 e. The Labute approximate surface area is 167 Å².